The number of thiophene rings is 1. The van der Waals surface area contributed by atoms with Crippen molar-refractivity contribution >= 4 is 23.3 Å². The number of fused-ring (bicyclic) bond motifs is 1. The highest BCUT2D eigenvalue weighted by Gasteiger charge is 2.35. The second-order valence-electron chi connectivity index (χ2n) is 6.92. The minimum Gasteiger partial charge on any atom is -0.497 e. The number of carbonyl (C=O) groups is 2. The van der Waals surface area contributed by atoms with Gasteiger partial charge in [0.1, 0.15) is 12.3 Å². The fraction of sp³-hybridized carbons (Fsp3) is 0.455. The third kappa shape index (κ3) is 4.40. The van der Waals surface area contributed by atoms with E-state index < -0.39 is 5.97 Å². The van der Waals surface area contributed by atoms with Crippen molar-refractivity contribution in [2.75, 3.05) is 26.8 Å². The number of methoxy groups -OCH3 is 1. The highest BCUT2D eigenvalue weighted by Crippen LogP contribution is 2.43. The zero-order chi connectivity index (χ0) is 21.0. The van der Waals surface area contributed by atoms with E-state index in [4.69, 9.17) is 9.47 Å². The van der Waals surface area contributed by atoms with E-state index in [9.17, 15) is 9.59 Å². The van der Waals surface area contributed by atoms with E-state index in [1.165, 1.54) is 20.9 Å². The van der Waals surface area contributed by atoms with E-state index in [0.717, 1.165) is 24.2 Å². The molecule has 3 rings (SSSR count). The fourth-order valence-electron chi connectivity index (χ4n) is 3.91. The second-order valence-corrected chi connectivity index (χ2v) is 8.17. The largest absolute Gasteiger partial charge is 0.497 e. The van der Waals surface area contributed by atoms with Gasteiger partial charge in [0.25, 0.3) is 0 Å². The summed E-state index contributed by atoms with van der Waals surface area (Å²) < 4.78 is 10.2. The topological polar surface area (TPSA) is 67.9 Å². The van der Waals surface area contributed by atoms with Gasteiger partial charge in [0.15, 0.2) is 0 Å². The molecule has 0 bridgehead atoms. The number of rotatable bonds is 6. The van der Waals surface area contributed by atoms with Crippen LogP contribution in [0.1, 0.15) is 46.3 Å². The quantitative estimate of drug-likeness (QED) is 0.727. The lowest BCUT2D eigenvalue weighted by molar-refractivity contribution is -0.141. The lowest BCUT2D eigenvalue weighted by Crippen LogP contribution is -2.47. The Bertz CT molecular complexity index is 876. The van der Waals surface area contributed by atoms with Gasteiger partial charge in [-0.25, -0.2) is 4.79 Å². The van der Waals surface area contributed by atoms with Crippen molar-refractivity contribution < 1.29 is 19.1 Å². The van der Waals surface area contributed by atoms with E-state index >= 15 is 0 Å². The van der Waals surface area contributed by atoms with Crippen molar-refractivity contribution in [3.05, 3.63) is 50.7 Å². The normalized spacial score (nSPS) is 15.6. The Morgan fingerprint density at radius 3 is 2.59 bits per heavy atom. The summed E-state index contributed by atoms with van der Waals surface area (Å²) >= 11 is 1.76. The summed E-state index contributed by atoms with van der Waals surface area (Å²) in [4.78, 5) is 29.0. The molecule has 0 aliphatic carbocycles. The van der Waals surface area contributed by atoms with Gasteiger partial charge in [-0.05, 0) is 55.5 Å². The molecule has 0 fully saturated rings. The molecule has 156 valence electrons. The maximum atomic E-state index is 13.0. The number of carbonyl (C=O) groups excluding carboxylic acids is 2. The van der Waals surface area contributed by atoms with Gasteiger partial charge in [-0.1, -0.05) is 19.1 Å². The molecule has 0 radical (unpaired) electrons. The fourth-order valence-corrected chi connectivity index (χ4v) is 5.35. The predicted molar refractivity (Wildman–Crippen MR) is 114 cm³/mol. The summed E-state index contributed by atoms with van der Waals surface area (Å²) in [5.41, 5.74) is 3.79. The number of hydrogen-bond donors (Lipinski definition) is 1. The molecule has 0 saturated heterocycles. The summed E-state index contributed by atoms with van der Waals surface area (Å²) in [6.45, 7) is 6.84. The van der Waals surface area contributed by atoms with Gasteiger partial charge in [-0.15, -0.1) is 11.3 Å². The zero-order valence-electron chi connectivity index (χ0n) is 17.4. The lowest BCUT2D eigenvalue weighted by atomic mass is 9.92. The molecule has 0 saturated carbocycles. The van der Waals surface area contributed by atoms with Crippen LogP contribution in [-0.2, 0) is 22.4 Å². The first-order chi connectivity index (χ1) is 14.0. The highest BCUT2D eigenvalue weighted by atomic mass is 32.1. The summed E-state index contributed by atoms with van der Waals surface area (Å²) in [6, 6.07) is 7.40. The van der Waals surface area contributed by atoms with Crippen LogP contribution in [0.15, 0.2) is 24.3 Å². The average molecular weight is 417 g/mol. The van der Waals surface area contributed by atoms with Crippen LogP contribution in [0.25, 0.3) is 0 Å². The summed E-state index contributed by atoms with van der Waals surface area (Å²) in [5, 5.41) is 2.72. The van der Waals surface area contributed by atoms with Crippen molar-refractivity contribution in [1.82, 2.24) is 10.2 Å². The van der Waals surface area contributed by atoms with Crippen LogP contribution in [0.5, 0.6) is 5.75 Å². The molecular formula is C22H28N2O4S. The maximum Gasteiger partial charge on any atom is 0.325 e. The van der Waals surface area contributed by atoms with Crippen molar-refractivity contribution in [2.45, 2.75) is 39.7 Å². The lowest BCUT2D eigenvalue weighted by Gasteiger charge is -2.36. The Hall–Kier alpha value is -2.54. The minimum atomic E-state index is -0.431. The number of hydrogen-bond acceptors (Lipinski definition) is 5. The van der Waals surface area contributed by atoms with Crippen LogP contribution < -0.4 is 10.1 Å². The van der Waals surface area contributed by atoms with Crippen LogP contribution in [0.3, 0.4) is 0 Å². The second kappa shape index (κ2) is 9.31. The van der Waals surface area contributed by atoms with E-state index in [1.807, 2.05) is 29.2 Å². The number of benzene rings is 1. The molecule has 1 aliphatic rings. The minimum absolute atomic E-state index is 0.130. The highest BCUT2D eigenvalue weighted by molar-refractivity contribution is 7.12. The molecule has 2 aromatic rings. The van der Waals surface area contributed by atoms with Crippen molar-refractivity contribution in [1.29, 1.82) is 0 Å². The van der Waals surface area contributed by atoms with Gasteiger partial charge in [-0.3, -0.25) is 4.79 Å². The number of ether oxygens (including phenoxy) is 2. The van der Waals surface area contributed by atoms with Crippen molar-refractivity contribution in [2.24, 2.45) is 0 Å². The van der Waals surface area contributed by atoms with Gasteiger partial charge in [0, 0.05) is 16.3 Å². The van der Waals surface area contributed by atoms with E-state index in [1.54, 1.807) is 25.4 Å². The van der Waals surface area contributed by atoms with Crippen LogP contribution in [0, 0.1) is 6.92 Å². The summed E-state index contributed by atoms with van der Waals surface area (Å²) in [7, 11) is 1.64. The van der Waals surface area contributed by atoms with Crippen molar-refractivity contribution in [3.8, 4) is 5.75 Å². The molecule has 7 heteroatoms. The molecule has 1 aromatic carbocycles. The number of nitrogens with one attached hydrogen (secondary N) is 1. The molecule has 6 nitrogen and oxygen atoms in total. The third-order valence-electron chi connectivity index (χ3n) is 5.25. The van der Waals surface area contributed by atoms with Gasteiger partial charge < -0.3 is 19.7 Å². The standard InChI is InChI=1S/C22H28N2O4S/c1-5-17-14(3)29-21-18(17)11-12-24(22(26)23-13-19(25)28-6-2)20(21)15-7-9-16(27-4)10-8-15/h7-10,20H,5-6,11-13H2,1-4H3,(H,23,26). The van der Waals surface area contributed by atoms with E-state index in [2.05, 4.69) is 19.2 Å². The Kier molecular flexibility index (Phi) is 6.79. The first-order valence-corrected chi connectivity index (χ1v) is 10.8. The average Bonchev–Trinajstić information content (AvgIpc) is 3.06. The first kappa shape index (κ1) is 21.2. The SMILES string of the molecule is CCOC(=O)CNC(=O)N1CCc2c(sc(C)c2CC)C1c1ccc(OC)cc1. The van der Waals surface area contributed by atoms with Crippen LogP contribution in [0.2, 0.25) is 0 Å². The zero-order valence-corrected chi connectivity index (χ0v) is 18.2. The number of amides is 2. The third-order valence-corrected chi connectivity index (χ3v) is 6.49. The summed E-state index contributed by atoms with van der Waals surface area (Å²) in [6.07, 6.45) is 1.81. The molecule has 1 aliphatic heterocycles. The number of aryl methyl sites for hydroxylation is 1. The van der Waals surface area contributed by atoms with Crippen molar-refractivity contribution in [3.63, 3.8) is 0 Å². The Morgan fingerprint density at radius 1 is 1.24 bits per heavy atom. The maximum absolute atomic E-state index is 13.0. The van der Waals surface area contributed by atoms with E-state index in [0.29, 0.717) is 13.2 Å². The van der Waals surface area contributed by atoms with Gasteiger partial charge in [0.05, 0.1) is 19.8 Å². The van der Waals surface area contributed by atoms with Crippen LogP contribution in [-0.4, -0.2) is 43.7 Å². The Balaban J connectivity index is 1.94. The molecule has 1 aromatic heterocycles. The van der Waals surface area contributed by atoms with E-state index in [-0.39, 0.29) is 18.6 Å². The smallest absolute Gasteiger partial charge is 0.325 e. The Labute approximate surface area is 175 Å². The predicted octanol–water partition coefficient (Wildman–Crippen LogP) is 3.85. The van der Waals surface area contributed by atoms with Crippen LogP contribution in [0.4, 0.5) is 4.79 Å². The first-order valence-electron chi connectivity index (χ1n) is 9.95. The summed E-state index contributed by atoms with van der Waals surface area (Å²) in [5.74, 6) is 0.347. The molecular weight excluding hydrogens is 388 g/mol. The molecule has 2 heterocycles. The monoisotopic (exact) mass is 416 g/mol. The Morgan fingerprint density at radius 2 is 1.97 bits per heavy atom. The van der Waals surface area contributed by atoms with Gasteiger partial charge >= 0.3 is 12.0 Å². The molecule has 1 atom stereocenters. The molecule has 1 unspecified atom stereocenters. The number of esters is 1. The number of urea groups is 1. The van der Waals surface area contributed by atoms with Gasteiger partial charge in [-0.2, -0.15) is 0 Å². The number of nitrogens with zero attached hydrogens (tertiary/aromatic N) is 1. The molecule has 2 amide bonds. The molecule has 0 spiro atoms. The molecule has 29 heavy (non-hydrogen) atoms. The molecule has 1 N–H and O–H groups in total. The van der Waals surface area contributed by atoms with Crippen LogP contribution >= 0.6 is 11.3 Å². The van der Waals surface area contributed by atoms with Gasteiger partial charge in [0.2, 0.25) is 0 Å².